The minimum atomic E-state index is -0.301. The molecule has 158 valence electrons. The van der Waals surface area contributed by atoms with E-state index in [-0.39, 0.29) is 11.7 Å². The first-order valence-corrected chi connectivity index (χ1v) is 9.87. The van der Waals surface area contributed by atoms with Gasteiger partial charge in [0.15, 0.2) is 0 Å². The molecule has 4 rings (SSSR count). The third kappa shape index (κ3) is 4.98. The first kappa shape index (κ1) is 20.3. The maximum absolute atomic E-state index is 13.1. The molecule has 0 spiro atoms. The monoisotopic (exact) mass is 419 g/mol. The van der Waals surface area contributed by atoms with Crippen LogP contribution in [0.25, 0.3) is 11.0 Å². The summed E-state index contributed by atoms with van der Waals surface area (Å²) in [5.41, 5.74) is 2.60. The average Bonchev–Trinajstić information content (AvgIpc) is 3.26. The molecule has 31 heavy (non-hydrogen) atoms. The van der Waals surface area contributed by atoms with E-state index >= 15 is 0 Å². The van der Waals surface area contributed by atoms with Crippen molar-refractivity contribution < 1.29 is 13.9 Å². The molecular weight excluding hydrogens is 397 g/mol. The number of hydrogen-bond donors (Lipinski definition) is 2. The van der Waals surface area contributed by atoms with Gasteiger partial charge < -0.3 is 19.9 Å². The van der Waals surface area contributed by atoms with E-state index in [1.165, 1.54) is 25.4 Å². The smallest absolute Gasteiger partial charge is 0.216 e. The second kappa shape index (κ2) is 9.25. The standard InChI is InChI=1S/C23H22FN5O2/c1-16(30)25-11-12-29(23-21-9-10-26-22(21)27-15-28-23)19-4-2-3-17(13-19)14-31-20-7-5-18(24)6-8-20/h2-10,13,15H,11-12,14H2,1H3,(H,25,30)(H,26,27,28). The van der Waals surface area contributed by atoms with Crippen molar-refractivity contribution in [2.45, 2.75) is 13.5 Å². The Hall–Kier alpha value is -3.94. The summed E-state index contributed by atoms with van der Waals surface area (Å²) in [5, 5.41) is 3.72. The zero-order valence-electron chi connectivity index (χ0n) is 17.0. The molecule has 0 saturated carbocycles. The highest BCUT2D eigenvalue weighted by Gasteiger charge is 2.16. The van der Waals surface area contributed by atoms with Crippen molar-refractivity contribution in [3.05, 3.63) is 78.5 Å². The Bertz CT molecular complexity index is 1180. The molecule has 2 heterocycles. The molecule has 0 radical (unpaired) electrons. The number of benzene rings is 2. The number of carbonyl (C=O) groups is 1. The lowest BCUT2D eigenvalue weighted by atomic mass is 10.2. The van der Waals surface area contributed by atoms with Crippen LogP contribution in [0.5, 0.6) is 5.75 Å². The van der Waals surface area contributed by atoms with Gasteiger partial charge >= 0.3 is 0 Å². The number of aromatic nitrogens is 3. The van der Waals surface area contributed by atoms with Gasteiger partial charge in [-0.1, -0.05) is 12.1 Å². The van der Waals surface area contributed by atoms with Crippen LogP contribution >= 0.6 is 0 Å². The van der Waals surface area contributed by atoms with Gasteiger partial charge in [-0.15, -0.1) is 0 Å². The first-order valence-electron chi connectivity index (χ1n) is 9.87. The maximum Gasteiger partial charge on any atom is 0.216 e. The number of ether oxygens (including phenoxy) is 1. The van der Waals surface area contributed by atoms with Crippen LogP contribution in [0.3, 0.4) is 0 Å². The summed E-state index contributed by atoms with van der Waals surface area (Å²) < 4.78 is 18.9. The molecule has 2 aromatic heterocycles. The van der Waals surface area contributed by atoms with Crippen LogP contribution in [0, 0.1) is 5.82 Å². The second-order valence-electron chi connectivity index (χ2n) is 6.98. The van der Waals surface area contributed by atoms with E-state index in [0.29, 0.717) is 25.4 Å². The highest BCUT2D eigenvalue weighted by Crippen LogP contribution is 2.29. The lowest BCUT2D eigenvalue weighted by Crippen LogP contribution is -2.32. The van der Waals surface area contributed by atoms with E-state index in [1.807, 2.05) is 41.4 Å². The van der Waals surface area contributed by atoms with Crippen LogP contribution in [0.4, 0.5) is 15.9 Å². The minimum absolute atomic E-state index is 0.0872. The largest absolute Gasteiger partial charge is 0.489 e. The number of nitrogens with zero attached hydrogens (tertiary/aromatic N) is 3. The summed E-state index contributed by atoms with van der Waals surface area (Å²) in [5.74, 6) is 0.952. The average molecular weight is 419 g/mol. The normalized spacial score (nSPS) is 10.8. The van der Waals surface area contributed by atoms with E-state index in [1.54, 1.807) is 12.1 Å². The van der Waals surface area contributed by atoms with Gasteiger partial charge in [0.05, 0.1) is 5.39 Å². The second-order valence-corrected chi connectivity index (χ2v) is 6.98. The summed E-state index contributed by atoms with van der Waals surface area (Å²) in [6.07, 6.45) is 3.34. The van der Waals surface area contributed by atoms with Gasteiger partial charge in [-0.05, 0) is 48.0 Å². The van der Waals surface area contributed by atoms with Crippen LogP contribution < -0.4 is 15.0 Å². The van der Waals surface area contributed by atoms with Crippen molar-refractivity contribution in [3.8, 4) is 5.75 Å². The van der Waals surface area contributed by atoms with Crippen LogP contribution in [0.2, 0.25) is 0 Å². The Morgan fingerprint density at radius 2 is 2.00 bits per heavy atom. The number of nitrogens with one attached hydrogen (secondary N) is 2. The lowest BCUT2D eigenvalue weighted by molar-refractivity contribution is -0.118. The summed E-state index contributed by atoms with van der Waals surface area (Å²) in [6, 6.07) is 15.8. The van der Waals surface area contributed by atoms with Gasteiger partial charge in [-0.3, -0.25) is 4.79 Å². The lowest BCUT2D eigenvalue weighted by Gasteiger charge is -2.25. The third-order valence-corrected chi connectivity index (χ3v) is 4.74. The molecule has 2 N–H and O–H groups in total. The number of anilines is 2. The number of halogens is 1. The van der Waals surface area contributed by atoms with E-state index in [2.05, 4.69) is 20.3 Å². The molecule has 0 bridgehead atoms. The topological polar surface area (TPSA) is 83.1 Å². The third-order valence-electron chi connectivity index (χ3n) is 4.74. The number of fused-ring (bicyclic) bond motifs is 1. The van der Waals surface area contributed by atoms with Crippen molar-refractivity contribution >= 4 is 28.4 Å². The fourth-order valence-corrected chi connectivity index (χ4v) is 3.29. The van der Waals surface area contributed by atoms with Gasteiger partial charge in [-0.25, -0.2) is 14.4 Å². The molecule has 0 unspecified atom stereocenters. The van der Waals surface area contributed by atoms with Crippen molar-refractivity contribution in [1.82, 2.24) is 20.3 Å². The zero-order chi connectivity index (χ0) is 21.6. The number of carbonyl (C=O) groups excluding carboxylic acids is 1. The van der Waals surface area contributed by atoms with Gasteiger partial charge in [0.25, 0.3) is 0 Å². The van der Waals surface area contributed by atoms with Crippen molar-refractivity contribution in [3.63, 3.8) is 0 Å². The fraction of sp³-hybridized carbons (Fsp3) is 0.174. The molecule has 7 nitrogen and oxygen atoms in total. The number of rotatable bonds is 8. The summed E-state index contributed by atoms with van der Waals surface area (Å²) in [7, 11) is 0. The predicted octanol–water partition coefficient (Wildman–Crippen LogP) is 3.95. The van der Waals surface area contributed by atoms with Gasteiger partial charge in [0.1, 0.15) is 36.0 Å². The van der Waals surface area contributed by atoms with Crippen molar-refractivity contribution in [2.24, 2.45) is 0 Å². The molecule has 0 saturated heterocycles. The highest BCUT2D eigenvalue weighted by molar-refractivity contribution is 5.89. The molecule has 2 aromatic carbocycles. The summed E-state index contributed by atoms with van der Waals surface area (Å²) in [6.45, 7) is 2.82. The number of aromatic amines is 1. The highest BCUT2D eigenvalue weighted by atomic mass is 19.1. The molecule has 0 aliphatic rings. The molecular formula is C23H22FN5O2. The van der Waals surface area contributed by atoms with Crippen LogP contribution in [0.1, 0.15) is 12.5 Å². The number of amides is 1. The molecule has 0 aliphatic heterocycles. The number of H-pyrrole nitrogens is 1. The minimum Gasteiger partial charge on any atom is -0.489 e. The number of hydrogen-bond acceptors (Lipinski definition) is 5. The molecule has 1 amide bonds. The SMILES string of the molecule is CC(=O)NCCN(c1cccc(COc2ccc(F)cc2)c1)c1ncnc2[nH]ccc12. The quantitative estimate of drug-likeness (QED) is 0.452. The van der Waals surface area contributed by atoms with Gasteiger partial charge in [0.2, 0.25) is 5.91 Å². The zero-order valence-corrected chi connectivity index (χ0v) is 17.0. The summed E-state index contributed by atoms with van der Waals surface area (Å²) >= 11 is 0. The van der Waals surface area contributed by atoms with Gasteiger partial charge in [-0.2, -0.15) is 0 Å². The molecule has 0 atom stereocenters. The molecule has 8 heteroatoms. The Kier molecular flexibility index (Phi) is 6.07. The summed E-state index contributed by atoms with van der Waals surface area (Å²) in [4.78, 5) is 25.3. The fourth-order valence-electron chi connectivity index (χ4n) is 3.29. The van der Waals surface area contributed by atoms with Gasteiger partial charge in [0, 0.05) is 31.9 Å². The molecule has 0 aliphatic carbocycles. The van der Waals surface area contributed by atoms with Crippen molar-refractivity contribution in [2.75, 3.05) is 18.0 Å². The van der Waals surface area contributed by atoms with E-state index in [4.69, 9.17) is 4.74 Å². The Morgan fingerprint density at radius 3 is 2.81 bits per heavy atom. The molecule has 4 aromatic rings. The maximum atomic E-state index is 13.1. The van der Waals surface area contributed by atoms with Crippen LogP contribution in [-0.4, -0.2) is 33.9 Å². The van der Waals surface area contributed by atoms with Crippen LogP contribution in [-0.2, 0) is 11.4 Å². The van der Waals surface area contributed by atoms with Crippen molar-refractivity contribution in [1.29, 1.82) is 0 Å². The Labute approximate surface area is 178 Å². The van der Waals surface area contributed by atoms with E-state index in [0.717, 1.165) is 28.1 Å². The Morgan fingerprint density at radius 1 is 1.16 bits per heavy atom. The van der Waals surface area contributed by atoms with Crippen LogP contribution in [0.15, 0.2) is 67.1 Å². The van der Waals surface area contributed by atoms with E-state index < -0.39 is 0 Å². The predicted molar refractivity (Wildman–Crippen MR) is 117 cm³/mol. The molecule has 0 fully saturated rings. The van der Waals surface area contributed by atoms with E-state index in [9.17, 15) is 9.18 Å². The first-order chi connectivity index (χ1) is 15.1. The Balaban J connectivity index is 1.60.